The first-order chi connectivity index (χ1) is 9.66. The van der Waals surface area contributed by atoms with Crippen molar-refractivity contribution in [2.75, 3.05) is 20.2 Å². The zero-order valence-corrected chi connectivity index (χ0v) is 13.0. The van der Waals surface area contributed by atoms with Crippen LogP contribution in [-0.2, 0) is 0 Å². The first kappa shape index (κ1) is 15.3. The predicted molar refractivity (Wildman–Crippen MR) is 87.3 cm³/mol. The van der Waals surface area contributed by atoms with Gasteiger partial charge in [0.15, 0.2) is 0 Å². The molecule has 0 bridgehead atoms. The molecule has 1 aliphatic carbocycles. The third kappa shape index (κ3) is 4.46. The van der Waals surface area contributed by atoms with Crippen molar-refractivity contribution < 1.29 is 4.74 Å². The van der Waals surface area contributed by atoms with Crippen LogP contribution in [0.2, 0.25) is 0 Å². The fourth-order valence-corrected chi connectivity index (χ4v) is 2.90. The van der Waals surface area contributed by atoms with Crippen LogP contribution < -0.4 is 10.5 Å². The van der Waals surface area contributed by atoms with Gasteiger partial charge in [0.25, 0.3) is 0 Å². The van der Waals surface area contributed by atoms with Gasteiger partial charge >= 0.3 is 0 Å². The number of benzene rings is 1. The van der Waals surface area contributed by atoms with E-state index in [-0.39, 0.29) is 0 Å². The van der Waals surface area contributed by atoms with Crippen LogP contribution in [0.4, 0.5) is 0 Å². The Morgan fingerprint density at radius 1 is 1.40 bits per heavy atom. The highest BCUT2D eigenvalue weighted by Crippen LogP contribution is 2.22. The Bertz CT molecular complexity index is 444. The van der Waals surface area contributed by atoms with Gasteiger partial charge in [-0.15, -0.1) is 0 Å². The standard InChI is InChI=1S/C16H24N2OS/c1-18(14-7-2-3-8-14)10-5-11-19-15-9-4-6-13(12-15)16(17)20/h4,6,9,12,14H,2-3,5,7-8,10-11H2,1H3,(H2,17,20). The Labute approximate surface area is 127 Å². The summed E-state index contributed by atoms with van der Waals surface area (Å²) in [6.45, 7) is 1.83. The van der Waals surface area contributed by atoms with E-state index in [9.17, 15) is 0 Å². The highest BCUT2D eigenvalue weighted by Gasteiger charge is 2.18. The van der Waals surface area contributed by atoms with E-state index in [1.54, 1.807) is 0 Å². The minimum Gasteiger partial charge on any atom is -0.494 e. The van der Waals surface area contributed by atoms with Gasteiger partial charge in [-0.05, 0) is 38.4 Å². The van der Waals surface area contributed by atoms with Gasteiger partial charge in [-0.2, -0.15) is 0 Å². The number of hydrogen-bond acceptors (Lipinski definition) is 3. The van der Waals surface area contributed by atoms with Crippen LogP contribution >= 0.6 is 12.2 Å². The molecule has 20 heavy (non-hydrogen) atoms. The van der Waals surface area contributed by atoms with Crippen molar-refractivity contribution in [3.05, 3.63) is 29.8 Å². The summed E-state index contributed by atoms with van der Waals surface area (Å²) in [7, 11) is 2.23. The number of rotatable bonds is 7. The molecule has 2 N–H and O–H groups in total. The van der Waals surface area contributed by atoms with E-state index in [1.807, 2.05) is 24.3 Å². The lowest BCUT2D eigenvalue weighted by Gasteiger charge is -2.23. The summed E-state index contributed by atoms with van der Waals surface area (Å²) in [5, 5.41) is 0. The molecule has 1 aliphatic rings. The van der Waals surface area contributed by atoms with Gasteiger partial charge in [-0.25, -0.2) is 0 Å². The van der Waals surface area contributed by atoms with Crippen molar-refractivity contribution in [3.63, 3.8) is 0 Å². The Morgan fingerprint density at radius 2 is 2.15 bits per heavy atom. The fraction of sp³-hybridized carbons (Fsp3) is 0.562. The number of ether oxygens (including phenoxy) is 1. The molecule has 3 nitrogen and oxygen atoms in total. The van der Waals surface area contributed by atoms with Crippen molar-refractivity contribution in [3.8, 4) is 5.75 Å². The highest BCUT2D eigenvalue weighted by atomic mass is 32.1. The fourth-order valence-electron chi connectivity index (χ4n) is 2.77. The zero-order valence-electron chi connectivity index (χ0n) is 12.2. The average Bonchev–Trinajstić information content (AvgIpc) is 2.98. The maximum absolute atomic E-state index is 5.77. The Kier molecular flexibility index (Phi) is 5.80. The van der Waals surface area contributed by atoms with E-state index >= 15 is 0 Å². The molecule has 0 aliphatic heterocycles. The molecule has 1 aromatic rings. The second kappa shape index (κ2) is 7.60. The highest BCUT2D eigenvalue weighted by molar-refractivity contribution is 7.80. The normalized spacial score (nSPS) is 15.7. The molecule has 4 heteroatoms. The second-order valence-corrected chi connectivity index (χ2v) is 5.95. The third-order valence-corrected chi connectivity index (χ3v) is 4.23. The van der Waals surface area contributed by atoms with E-state index in [4.69, 9.17) is 22.7 Å². The SMILES string of the molecule is CN(CCCOc1cccc(C(N)=S)c1)C1CCCC1. The zero-order chi connectivity index (χ0) is 14.4. The maximum Gasteiger partial charge on any atom is 0.119 e. The minimum absolute atomic E-state index is 0.413. The van der Waals surface area contributed by atoms with Crippen LogP contribution in [0.5, 0.6) is 5.75 Å². The van der Waals surface area contributed by atoms with Gasteiger partial charge in [0, 0.05) is 18.2 Å². The van der Waals surface area contributed by atoms with E-state index < -0.39 is 0 Å². The van der Waals surface area contributed by atoms with E-state index in [0.717, 1.165) is 36.9 Å². The van der Waals surface area contributed by atoms with Crippen LogP contribution in [0.15, 0.2) is 24.3 Å². The van der Waals surface area contributed by atoms with Crippen molar-refractivity contribution in [1.82, 2.24) is 4.90 Å². The third-order valence-electron chi connectivity index (χ3n) is 3.99. The molecule has 0 spiro atoms. The van der Waals surface area contributed by atoms with Crippen molar-refractivity contribution in [2.24, 2.45) is 5.73 Å². The maximum atomic E-state index is 5.77. The molecule has 0 unspecified atom stereocenters. The Hall–Kier alpha value is -1.13. The van der Waals surface area contributed by atoms with Crippen LogP contribution in [-0.4, -0.2) is 36.1 Å². The van der Waals surface area contributed by atoms with Crippen molar-refractivity contribution in [1.29, 1.82) is 0 Å². The van der Waals surface area contributed by atoms with E-state index in [2.05, 4.69) is 11.9 Å². The summed E-state index contributed by atoms with van der Waals surface area (Å²) >= 11 is 4.97. The molecule has 1 saturated carbocycles. The van der Waals surface area contributed by atoms with E-state index in [0.29, 0.717) is 4.99 Å². The van der Waals surface area contributed by atoms with Crippen LogP contribution in [0.3, 0.4) is 0 Å². The largest absolute Gasteiger partial charge is 0.494 e. The first-order valence-electron chi connectivity index (χ1n) is 7.40. The number of hydrogen-bond donors (Lipinski definition) is 1. The summed E-state index contributed by atoms with van der Waals surface area (Å²) in [6.07, 6.45) is 6.53. The monoisotopic (exact) mass is 292 g/mol. The average molecular weight is 292 g/mol. The van der Waals surface area contributed by atoms with Crippen molar-refractivity contribution in [2.45, 2.75) is 38.1 Å². The quantitative estimate of drug-likeness (QED) is 0.619. The summed E-state index contributed by atoms with van der Waals surface area (Å²) in [5.41, 5.74) is 6.48. The molecule has 1 fully saturated rings. The summed E-state index contributed by atoms with van der Waals surface area (Å²) in [6, 6.07) is 8.47. The Morgan fingerprint density at radius 3 is 2.85 bits per heavy atom. The molecule has 0 radical (unpaired) electrons. The molecule has 0 atom stereocenters. The molecule has 2 rings (SSSR count). The lowest BCUT2D eigenvalue weighted by atomic mass is 10.2. The van der Waals surface area contributed by atoms with Gasteiger partial charge < -0.3 is 15.4 Å². The van der Waals surface area contributed by atoms with Gasteiger partial charge in [-0.3, -0.25) is 0 Å². The van der Waals surface area contributed by atoms with Gasteiger partial charge in [0.2, 0.25) is 0 Å². The molecular weight excluding hydrogens is 268 g/mol. The summed E-state index contributed by atoms with van der Waals surface area (Å²) in [4.78, 5) is 2.89. The number of nitrogens with zero attached hydrogens (tertiary/aromatic N) is 1. The molecule has 0 amide bonds. The molecular formula is C16H24N2OS. The van der Waals surface area contributed by atoms with Crippen LogP contribution in [0.25, 0.3) is 0 Å². The number of nitrogens with two attached hydrogens (primary N) is 1. The molecule has 1 aromatic carbocycles. The minimum atomic E-state index is 0.413. The molecule has 0 heterocycles. The Balaban J connectivity index is 1.70. The summed E-state index contributed by atoms with van der Waals surface area (Å²) < 4.78 is 5.77. The van der Waals surface area contributed by atoms with Crippen LogP contribution in [0, 0.1) is 0 Å². The smallest absolute Gasteiger partial charge is 0.119 e. The lowest BCUT2D eigenvalue weighted by Crippen LogP contribution is -2.30. The molecule has 110 valence electrons. The van der Waals surface area contributed by atoms with Gasteiger partial charge in [-0.1, -0.05) is 37.2 Å². The van der Waals surface area contributed by atoms with Crippen LogP contribution in [0.1, 0.15) is 37.7 Å². The topological polar surface area (TPSA) is 38.5 Å². The molecule has 0 aromatic heterocycles. The predicted octanol–water partition coefficient (Wildman–Crippen LogP) is 2.96. The van der Waals surface area contributed by atoms with E-state index in [1.165, 1.54) is 25.7 Å². The summed E-state index contributed by atoms with van der Waals surface area (Å²) in [5.74, 6) is 0.846. The van der Waals surface area contributed by atoms with Crippen molar-refractivity contribution >= 4 is 17.2 Å². The van der Waals surface area contributed by atoms with Gasteiger partial charge in [0.05, 0.1) is 6.61 Å². The van der Waals surface area contributed by atoms with Gasteiger partial charge in [0.1, 0.15) is 10.7 Å². The lowest BCUT2D eigenvalue weighted by molar-refractivity contribution is 0.216. The second-order valence-electron chi connectivity index (χ2n) is 5.51. The molecule has 0 saturated heterocycles. The number of thiocarbonyl (C=S) groups is 1. The first-order valence-corrected chi connectivity index (χ1v) is 7.80.